The summed E-state index contributed by atoms with van der Waals surface area (Å²) in [7, 11) is 0. The summed E-state index contributed by atoms with van der Waals surface area (Å²) in [4.78, 5) is 19.4. The molecule has 2 aromatic rings. The lowest BCUT2D eigenvalue weighted by molar-refractivity contribution is -0.129. The highest BCUT2D eigenvalue weighted by Gasteiger charge is 2.26. The lowest BCUT2D eigenvalue weighted by atomic mass is 9.99. The van der Waals surface area contributed by atoms with E-state index in [1.54, 1.807) is 18.2 Å². The van der Waals surface area contributed by atoms with E-state index in [9.17, 15) is 10.1 Å². The molecule has 1 heterocycles. The van der Waals surface area contributed by atoms with Crippen molar-refractivity contribution in [2.24, 2.45) is 0 Å². The van der Waals surface area contributed by atoms with Gasteiger partial charge in [-0.1, -0.05) is 56.7 Å². The molecular formula is C22H24BrN3O. The molecule has 1 amide bonds. The van der Waals surface area contributed by atoms with Crippen LogP contribution in [-0.4, -0.2) is 22.3 Å². The first-order chi connectivity index (χ1) is 13.1. The number of carbonyl (C=O) groups is 1. The third kappa shape index (κ3) is 5.77. The maximum Gasteiger partial charge on any atom is 0.265 e. The van der Waals surface area contributed by atoms with Crippen LogP contribution in [0.1, 0.15) is 50.4 Å². The summed E-state index contributed by atoms with van der Waals surface area (Å²) in [5.74, 6) is -0.247. The van der Waals surface area contributed by atoms with Gasteiger partial charge in [0.15, 0.2) is 0 Å². The number of nitriles is 1. The minimum Gasteiger partial charge on any atom is -0.331 e. The molecule has 0 unspecified atom stereocenters. The van der Waals surface area contributed by atoms with Gasteiger partial charge in [0.05, 0.1) is 11.7 Å². The van der Waals surface area contributed by atoms with Crippen LogP contribution in [0.2, 0.25) is 0 Å². The second-order valence-corrected chi connectivity index (χ2v) is 7.08. The maximum atomic E-state index is 13.2. The Morgan fingerprint density at radius 3 is 2.52 bits per heavy atom. The van der Waals surface area contributed by atoms with Crippen molar-refractivity contribution in [3.05, 3.63) is 70.0 Å². The molecule has 0 fully saturated rings. The first-order valence-electron chi connectivity index (χ1n) is 9.21. The van der Waals surface area contributed by atoms with Gasteiger partial charge in [0, 0.05) is 6.54 Å². The predicted molar refractivity (Wildman–Crippen MR) is 112 cm³/mol. The molecule has 0 saturated heterocycles. The Bertz CT molecular complexity index is 827. The molecule has 0 spiro atoms. The zero-order chi connectivity index (χ0) is 19.6. The van der Waals surface area contributed by atoms with E-state index >= 15 is 0 Å². The van der Waals surface area contributed by atoms with Gasteiger partial charge in [0.1, 0.15) is 16.2 Å². The van der Waals surface area contributed by atoms with E-state index in [0.29, 0.717) is 16.8 Å². The smallest absolute Gasteiger partial charge is 0.265 e. The van der Waals surface area contributed by atoms with E-state index in [1.807, 2.05) is 48.2 Å². The summed E-state index contributed by atoms with van der Waals surface area (Å²) in [6, 6.07) is 17.5. The number of hydrogen-bond donors (Lipinski definition) is 0. The molecule has 0 N–H and O–H groups in total. The molecule has 27 heavy (non-hydrogen) atoms. The second-order valence-electron chi connectivity index (χ2n) is 6.27. The van der Waals surface area contributed by atoms with Crippen LogP contribution in [0.25, 0.3) is 6.08 Å². The van der Waals surface area contributed by atoms with Crippen LogP contribution in [0.15, 0.2) is 58.7 Å². The number of carbonyl (C=O) groups excluding carboxylic acids is 1. The molecule has 1 aromatic heterocycles. The van der Waals surface area contributed by atoms with Crippen molar-refractivity contribution in [1.29, 1.82) is 5.26 Å². The zero-order valence-electron chi connectivity index (χ0n) is 15.7. The van der Waals surface area contributed by atoms with Crippen LogP contribution < -0.4 is 0 Å². The molecule has 0 aliphatic carbocycles. The third-order valence-corrected chi connectivity index (χ3v) is 4.67. The Morgan fingerprint density at radius 2 is 1.93 bits per heavy atom. The molecule has 0 saturated carbocycles. The summed E-state index contributed by atoms with van der Waals surface area (Å²) in [6.07, 6.45) is 4.19. The minimum absolute atomic E-state index is 0.0455. The molecule has 0 aliphatic rings. The van der Waals surface area contributed by atoms with Gasteiger partial charge in [-0.2, -0.15) is 5.26 Å². The van der Waals surface area contributed by atoms with E-state index in [2.05, 4.69) is 33.9 Å². The van der Waals surface area contributed by atoms with Gasteiger partial charge in [-0.05, 0) is 52.5 Å². The fourth-order valence-electron chi connectivity index (χ4n) is 3.04. The fourth-order valence-corrected chi connectivity index (χ4v) is 3.40. The van der Waals surface area contributed by atoms with Crippen LogP contribution >= 0.6 is 15.9 Å². The minimum atomic E-state index is -0.247. The highest BCUT2D eigenvalue weighted by Crippen LogP contribution is 2.27. The van der Waals surface area contributed by atoms with E-state index in [0.717, 1.165) is 24.8 Å². The van der Waals surface area contributed by atoms with Crippen LogP contribution in [0.3, 0.4) is 0 Å². The Balaban J connectivity index is 2.40. The lowest BCUT2D eigenvalue weighted by Gasteiger charge is -2.32. The SMILES string of the molecule is CCC[C@@H](c1ccccc1)N(CCC)C(=O)/C(C#N)=C/c1cccc(Br)n1. The molecule has 5 heteroatoms. The Morgan fingerprint density at radius 1 is 1.19 bits per heavy atom. The van der Waals surface area contributed by atoms with E-state index in [4.69, 9.17) is 0 Å². The Labute approximate surface area is 169 Å². The zero-order valence-corrected chi connectivity index (χ0v) is 17.3. The predicted octanol–water partition coefficient (Wildman–Crippen LogP) is 5.53. The van der Waals surface area contributed by atoms with E-state index < -0.39 is 0 Å². The molecule has 140 valence electrons. The summed E-state index contributed by atoms with van der Waals surface area (Å²) < 4.78 is 0.666. The highest BCUT2D eigenvalue weighted by atomic mass is 79.9. The van der Waals surface area contributed by atoms with Gasteiger partial charge in [0.25, 0.3) is 5.91 Å². The van der Waals surface area contributed by atoms with Crippen molar-refractivity contribution >= 4 is 27.9 Å². The molecule has 0 radical (unpaired) electrons. The summed E-state index contributed by atoms with van der Waals surface area (Å²) in [5.41, 5.74) is 1.78. The van der Waals surface area contributed by atoms with Crippen LogP contribution in [0.4, 0.5) is 0 Å². The van der Waals surface area contributed by atoms with Gasteiger partial charge in [-0.15, -0.1) is 0 Å². The number of pyridine rings is 1. The summed E-state index contributed by atoms with van der Waals surface area (Å²) in [5, 5.41) is 9.62. The summed E-state index contributed by atoms with van der Waals surface area (Å²) in [6.45, 7) is 4.75. The largest absolute Gasteiger partial charge is 0.331 e. The Hall–Kier alpha value is -2.45. The molecular weight excluding hydrogens is 402 g/mol. The number of benzene rings is 1. The van der Waals surface area contributed by atoms with Crippen LogP contribution in [0.5, 0.6) is 0 Å². The number of aromatic nitrogens is 1. The average Bonchev–Trinajstić information content (AvgIpc) is 2.69. The van der Waals surface area contributed by atoms with Crippen LogP contribution in [-0.2, 0) is 4.79 Å². The second kappa shape index (κ2) is 10.6. The first kappa shape index (κ1) is 20.9. The molecule has 4 nitrogen and oxygen atoms in total. The molecule has 1 aromatic carbocycles. The van der Waals surface area contributed by atoms with Crippen molar-refractivity contribution < 1.29 is 4.79 Å². The Kier molecular flexibility index (Phi) is 8.22. The average molecular weight is 426 g/mol. The third-order valence-electron chi connectivity index (χ3n) is 4.23. The summed E-state index contributed by atoms with van der Waals surface area (Å²) >= 11 is 3.32. The van der Waals surface area contributed by atoms with Crippen molar-refractivity contribution in [3.8, 4) is 6.07 Å². The van der Waals surface area contributed by atoms with Gasteiger partial charge < -0.3 is 4.90 Å². The number of rotatable bonds is 8. The van der Waals surface area contributed by atoms with Crippen molar-refractivity contribution in [1.82, 2.24) is 9.88 Å². The van der Waals surface area contributed by atoms with Crippen molar-refractivity contribution in [3.63, 3.8) is 0 Å². The van der Waals surface area contributed by atoms with Gasteiger partial charge in [-0.25, -0.2) is 4.98 Å². The topological polar surface area (TPSA) is 57.0 Å². The molecule has 0 bridgehead atoms. The van der Waals surface area contributed by atoms with Crippen molar-refractivity contribution in [2.45, 2.75) is 39.2 Å². The number of nitrogens with zero attached hydrogens (tertiary/aromatic N) is 3. The van der Waals surface area contributed by atoms with Crippen molar-refractivity contribution in [2.75, 3.05) is 6.54 Å². The van der Waals surface area contributed by atoms with Gasteiger partial charge in [0.2, 0.25) is 0 Å². The fraction of sp³-hybridized carbons (Fsp3) is 0.318. The van der Waals surface area contributed by atoms with E-state index in [1.165, 1.54) is 0 Å². The standard InChI is InChI=1S/C22H24BrN3O/c1-3-9-20(17-10-6-5-7-11-17)26(14-4-2)22(27)18(16-24)15-19-12-8-13-21(23)25-19/h5-8,10-13,15,20H,3-4,9,14H2,1-2H3/b18-15+/t20-/m0/s1. The maximum absolute atomic E-state index is 13.2. The molecule has 1 atom stereocenters. The van der Waals surface area contributed by atoms with E-state index in [-0.39, 0.29) is 17.5 Å². The lowest BCUT2D eigenvalue weighted by Crippen LogP contribution is -2.36. The molecule has 2 rings (SSSR count). The number of amides is 1. The van der Waals surface area contributed by atoms with Crippen LogP contribution in [0, 0.1) is 11.3 Å². The quantitative estimate of drug-likeness (QED) is 0.317. The first-order valence-corrected chi connectivity index (χ1v) is 10.00. The van der Waals surface area contributed by atoms with Gasteiger partial charge in [-0.3, -0.25) is 4.79 Å². The number of halogens is 1. The monoisotopic (exact) mass is 425 g/mol. The van der Waals surface area contributed by atoms with Gasteiger partial charge >= 0.3 is 0 Å². The number of hydrogen-bond acceptors (Lipinski definition) is 3. The normalized spacial score (nSPS) is 12.3. The molecule has 0 aliphatic heterocycles. The highest BCUT2D eigenvalue weighted by molar-refractivity contribution is 9.10.